The fourth-order valence-corrected chi connectivity index (χ4v) is 4.45. The van der Waals surface area contributed by atoms with Gasteiger partial charge in [-0.2, -0.15) is 5.10 Å². The highest BCUT2D eigenvalue weighted by Gasteiger charge is 2.29. The van der Waals surface area contributed by atoms with Crippen LogP contribution >= 0.6 is 0 Å². The zero-order chi connectivity index (χ0) is 21.9. The number of para-hydroxylation sites is 1. The minimum absolute atomic E-state index is 0.0934. The molecule has 0 aliphatic carbocycles. The number of aromatic nitrogens is 3. The number of aryl methyl sites for hydroxylation is 2. The van der Waals surface area contributed by atoms with E-state index in [2.05, 4.69) is 5.10 Å². The maximum Gasteiger partial charge on any atom is 0.256 e. The van der Waals surface area contributed by atoms with Gasteiger partial charge in [0.2, 0.25) is 0 Å². The molecule has 1 aliphatic heterocycles. The maximum absolute atomic E-state index is 13.8. The lowest BCUT2D eigenvalue weighted by atomic mass is 9.99. The van der Waals surface area contributed by atoms with Crippen LogP contribution in [0.25, 0.3) is 22.2 Å². The molecule has 1 amide bonds. The van der Waals surface area contributed by atoms with Crippen molar-refractivity contribution in [3.05, 3.63) is 76.9 Å². The minimum Gasteiger partial charge on any atom is -0.350 e. The third-order valence-corrected chi connectivity index (χ3v) is 5.87. The molecule has 1 aliphatic rings. The van der Waals surface area contributed by atoms with E-state index >= 15 is 0 Å². The Morgan fingerprint density at radius 3 is 2.55 bits per heavy atom. The topological polar surface area (TPSA) is 43.1 Å². The summed E-state index contributed by atoms with van der Waals surface area (Å²) in [6, 6.07) is 9.56. The molecule has 0 atom stereocenters. The molecule has 2 aromatic heterocycles. The van der Waals surface area contributed by atoms with Gasteiger partial charge in [0.05, 0.1) is 29.0 Å². The summed E-state index contributed by atoms with van der Waals surface area (Å²) in [5.41, 5.74) is 3.73. The molecule has 0 saturated heterocycles. The highest BCUT2D eigenvalue weighted by Crippen LogP contribution is 2.32. The van der Waals surface area contributed by atoms with E-state index in [1.165, 1.54) is 4.68 Å². The fraction of sp³-hybridized carbons (Fsp3) is 0.217. The smallest absolute Gasteiger partial charge is 0.256 e. The molecular formula is C23H19F3N4O. The molecule has 5 rings (SSSR count). The van der Waals surface area contributed by atoms with Gasteiger partial charge in [-0.25, -0.2) is 13.2 Å². The van der Waals surface area contributed by atoms with Crippen molar-refractivity contribution in [2.24, 2.45) is 14.1 Å². The summed E-state index contributed by atoms with van der Waals surface area (Å²) in [5, 5.41) is 5.48. The summed E-state index contributed by atoms with van der Waals surface area (Å²) >= 11 is 0. The maximum atomic E-state index is 13.8. The van der Waals surface area contributed by atoms with Crippen LogP contribution in [0.5, 0.6) is 0 Å². The summed E-state index contributed by atoms with van der Waals surface area (Å²) in [5.74, 6) is -4.07. The van der Waals surface area contributed by atoms with Crippen LogP contribution in [0.4, 0.5) is 13.2 Å². The van der Waals surface area contributed by atoms with Gasteiger partial charge in [-0.1, -0.05) is 12.1 Å². The van der Waals surface area contributed by atoms with Gasteiger partial charge in [0.25, 0.3) is 5.91 Å². The molecule has 4 aromatic rings. The molecule has 0 unspecified atom stereocenters. The lowest BCUT2D eigenvalue weighted by Crippen LogP contribution is -2.36. The Morgan fingerprint density at radius 2 is 1.81 bits per heavy atom. The van der Waals surface area contributed by atoms with E-state index in [1.54, 1.807) is 11.9 Å². The van der Waals surface area contributed by atoms with Gasteiger partial charge in [0, 0.05) is 43.4 Å². The number of hydrogen-bond donors (Lipinski definition) is 0. The van der Waals surface area contributed by atoms with Crippen LogP contribution in [0.2, 0.25) is 0 Å². The first-order chi connectivity index (χ1) is 14.8. The minimum atomic E-state index is -1.49. The molecular weight excluding hydrogens is 405 g/mol. The summed E-state index contributed by atoms with van der Waals surface area (Å²) in [7, 11) is 3.57. The number of carbonyl (C=O) groups is 1. The Bertz CT molecular complexity index is 1330. The van der Waals surface area contributed by atoms with Gasteiger partial charge in [0.15, 0.2) is 17.5 Å². The third-order valence-electron chi connectivity index (χ3n) is 5.87. The van der Waals surface area contributed by atoms with E-state index in [-0.39, 0.29) is 18.0 Å². The van der Waals surface area contributed by atoms with Crippen molar-refractivity contribution in [2.75, 3.05) is 6.54 Å². The number of hydrogen-bond acceptors (Lipinski definition) is 2. The van der Waals surface area contributed by atoms with E-state index < -0.39 is 17.5 Å². The van der Waals surface area contributed by atoms with Crippen LogP contribution in [-0.4, -0.2) is 31.7 Å². The summed E-state index contributed by atoms with van der Waals surface area (Å²) in [4.78, 5) is 15.0. The van der Waals surface area contributed by atoms with Crippen LogP contribution in [0.15, 0.2) is 42.6 Å². The Morgan fingerprint density at radius 1 is 1.06 bits per heavy atom. The largest absolute Gasteiger partial charge is 0.350 e. The first-order valence-corrected chi connectivity index (χ1v) is 9.88. The first kappa shape index (κ1) is 19.4. The van der Waals surface area contributed by atoms with Crippen LogP contribution in [0.1, 0.15) is 21.6 Å². The Labute approximate surface area is 176 Å². The highest BCUT2D eigenvalue weighted by atomic mass is 19.2. The molecule has 8 heteroatoms. The molecule has 0 fully saturated rings. The number of amides is 1. The average Bonchev–Trinajstić information content (AvgIpc) is 3.29. The Balaban J connectivity index is 1.50. The number of benzene rings is 2. The molecule has 158 valence electrons. The predicted octanol–water partition coefficient (Wildman–Crippen LogP) is 4.19. The van der Waals surface area contributed by atoms with Gasteiger partial charge in [-0.05, 0) is 30.7 Å². The van der Waals surface area contributed by atoms with Crippen LogP contribution in [-0.2, 0) is 27.1 Å². The van der Waals surface area contributed by atoms with Crippen molar-refractivity contribution in [3.63, 3.8) is 0 Å². The molecule has 0 saturated carbocycles. The second kappa shape index (κ2) is 7.01. The third kappa shape index (κ3) is 3.01. The molecule has 0 radical (unpaired) electrons. The second-order valence-corrected chi connectivity index (χ2v) is 7.80. The summed E-state index contributed by atoms with van der Waals surface area (Å²) in [6.45, 7) is 0.729. The van der Waals surface area contributed by atoms with Gasteiger partial charge in [0.1, 0.15) is 0 Å². The van der Waals surface area contributed by atoms with Crippen molar-refractivity contribution in [3.8, 4) is 11.3 Å². The van der Waals surface area contributed by atoms with E-state index in [1.807, 2.05) is 42.1 Å². The number of fused-ring (bicyclic) bond motifs is 2. The lowest BCUT2D eigenvalue weighted by molar-refractivity contribution is 0.0734. The quantitative estimate of drug-likeness (QED) is 0.453. The zero-order valence-electron chi connectivity index (χ0n) is 17.0. The zero-order valence-corrected chi connectivity index (χ0v) is 17.0. The van der Waals surface area contributed by atoms with Gasteiger partial charge in [-0.15, -0.1) is 0 Å². The number of carbonyl (C=O) groups excluding carboxylic acids is 1. The molecule has 2 aromatic carbocycles. The molecule has 3 heterocycles. The first-order valence-electron chi connectivity index (χ1n) is 9.88. The van der Waals surface area contributed by atoms with Crippen LogP contribution < -0.4 is 0 Å². The van der Waals surface area contributed by atoms with Crippen LogP contribution in [0, 0.1) is 17.5 Å². The second-order valence-electron chi connectivity index (χ2n) is 7.80. The predicted molar refractivity (Wildman–Crippen MR) is 110 cm³/mol. The molecule has 5 nitrogen and oxygen atoms in total. The molecule has 0 spiro atoms. The standard InChI is InChI=1S/C23H19F3N4O/c1-28-8-6-13-4-3-5-16(21(13)28)23(31)30-9-7-15-19(12-30)27-29(2)22(15)14-10-17(24)20(26)18(25)11-14/h3-6,8,10-11H,7,9,12H2,1-2H3. The normalized spacial score (nSPS) is 13.6. The SMILES string of the molecule is Cn1nc2c(c1-c1cc(F)c(F)c(F)c1)CCN(C(=O)c1cccc3ccn(C)c13)C2. The van der Waals surface area contributed by atoms with E-state index in [0.717, 1.165) is 28.6 Å². The summed E-state index contributed by atoms with van der Waals surface area (Å²) < 4.78 is 44.4. The number of halogens is 3. The molecule has 0 bridgehead atoms. The number of nitrogens with zero attached hydrogens (tertiary/aromatic N) is 4. The monoisotopic (exact) mass is 424 g/mol. The molecule has 31 heavy (non-hydrogen) atoms. The van der Waals surface area contributed by atoms with E-state index in [4.69, 9.17) is 0 Å². The van der Waals surface area contributed by atoms with Crippen molar-refractivity contribution in [1.82, 2.24) is 19.2 Å². The van der Waals surface area contributed by atoms with Crippen molar-refractivity contribution >= 4 is 16.8 Å². The van der Waals surface area contributed by atoms with Crippen molar-refractivity contribution in [2.45, 2.75) is 13.0 Å². The van der Waals surface area contributed by atoms with Crippen LogP contribution in [0.3, 0.4) is 0 Å². The Hall–Kier alpha value is -3.55. The number of rotatable bonds is 2. The summed E-state index contributed by atoms with van der Waals surface area (Å²) in [6.07, 6.45) is 2.40. The van der Waals surface area contributed by atoms with Crippen molar-refractivity contribution in [1.29, 1.82) is 0 Å². The Kier molecular flexibility index (Phi) is 4.39. The average molecular weight is 424 g/mol. The molecule has 0 N–H and O–H groups in total. The van der Waals surface area contributed by atoms with Gasteiger partial charge < -0.3 is 9.47 Å². The highest BCUT2D eigenvalue weighted by molar-refractivity contribution is 6.06. The van der Waals surface area contributed by atoms with Gasteiger partial charge in [-0.3, -0.25) is 9.48 Å². The van der Waals surface area contributed by atoms with E-state index in [0.29, 0.717) is 29.9 Å². The van der Waals surface area contributed by atoms with E-state index in [9.17, 15) is 18.0 Å². The van der Waals surface area contributed by atoms with Crippen molar-refractivity contribution < 1.29 is 18.0 Å². The lowest BCUT2D eigenvalue weighted by Gasteiger charge is -2.27. The van der Waals surface area contributed by atoms with Gasteiger partial charge >= 0.3 is 0 Å². The fourth-order valence-electron chi connectivity index (χ4n) is 4.45.